The molecule has 2 saturated carbocycles. The first kappa shape index (κ1) is 26.0. The van der Waals surface area contributed by atoms with Crippen LogP contribution in [0.3, 0.4) is 0 Å². The van der Waals surface area contributed by atoms with Crippen molar-refractivity contribution >= 4 is 11.7 Å². The lowest BCUT2D eigenvalue weighted by atomic mass is 9.80. The number of ether oxygens (including phenoxy) is 1. The summed E-state index contributed by atoms with van der Waals surface area (Å²) in [5.41, 5.74) is 2.96. The third-order valence-corrected chi connectivity index (χ3v) is 8.23. The van der Waals surface area contributed by atoms with Crippen LogP contribution >= 0.6 is 0 Å². The van der Waals surface area contributed by atoms with Crippen molar-refractivity contribution in [1.29, 1.82) is 5.26 Å². The van der Waals surface area contributed by atoms with Gasteiger partial charge in [0, 0.05) is 43.0 Å². The fourth-order valence-corrected chi connectivity index (χ4v) is 6.23. The number of rotatable bonds is 9. The molecule has 0 heterocycles. The van der Waals surface area contributed by atoms with Crippen LogP contribution in [0.2, 0.25) is 0 Å². The van der Waals surface area contributed by atoms with E-state index in [0.29, 0.717) is 24.5 Å². The summed E-state index contributed by atoms with van der Waals surface area (Å²) in [6, 6.07) is 19.0. The van der Waals surface area contributed by atoms with E-state index in [9.17, 15) is 10.1 Å². The van der Waals surface area contributed by atoms with Crippen molar-refractivity contribution in [2.45, 2.75) is 76.9 Å². The molecule has 2 aromatic rings. The largest absolute Gasteiger partial charge is 0.497 e. The molecule has 0 saturated heterocycles. The summed E-state index contributed by atoms with van der Waals surface area (Å²) >= 11 is 0. The zero-order valence-corrected chi connectivity index (χ0v) is 22.3. The molecule has 3 atom stereocenters. The van der Waals surface area contributed by atoms with Gasteiger partial charge < -0.3 is 15.0 Å². The first-order valence-corrected chi connectivity index (χ1v) is 13.3. The van der Waals surface area contributed by atoms with Gasteiger partial charge in [-0.1, -0.05) is 18.2 Å². The highest BCUT2D eigenvalue weighted by molar-refractivity contribution is 5.89. The standard InChI is InChI=1S/C30H40N4O2/c1-21(2)33(22(3)4)14-15-34(29(35)32-26-10-7-11-28(18-26)36-5)27-12-13-30(19-25(30)17-27)24-9-6-8-23(16-24)20-31/h6-11,16,18,21-22,25,27H,12-15,17,19H2,1-5H3,(H,32,35)/t25?,27?,30-/m1/s1. The molecule has 2 amide bonds. The highest BCUT2D eigenvalue weighted by atomic mass is 16.5. The number of nitrogens with one attached hydrogen (secondary N) is 1. The summed E-state index contributed by atoms with van der Waals surface area (Å²) in [5, 5.41) is 12.5. The summed E-state index contributed by atoms with van der Waals surface area (Å²) in [4.78, 5) is 18.2. The number of nitrogens with zero attached hydrogens (tertiary/aromatic N) is 3. The van der Waals surface area contributed by atoms with Gasteiger partial charge in [-0.25, -0.2) is 4.79 Å². The second-order valence-corrected chi connectivity index (χ2v) is 11.0. The average Bonchev–Trinajstić information content (AvgIpc) is 3.61. The van der Waals surface area contributed by atoms with E-state index in [1.165, 1.54) is 5.56 Å². The summed E-state index contributed by atoms with van der Waals surface area (Å²) in [6.07, 6.45) is 4.18. The lowest BCUT2D eigenvalue weighted by Gasteiger charge is -2.39. The number of nitriles is 1. The van der Waals surface area contributed by atoms with E-state index in [-0.39, 0.29) is 17.5 Å². The van der Waals surface area contributed by atoms with Gasteiger partial charge in [-0.15, -0.1) is 0 Å². The average molecular weight is 489 g/mol. The predicted molar refractivity (Wildman–Crippen MR) is 144 cm³/mol. The Kier molecular flexibility index (Phi) is 7.90. The maximum atomic E-state index is 13.6. The summed E-state index contributed by atoms with van der Waals surface area (Å²) in [7, 11) is 1.63. The molecule has 2 aliphatic rings. The van der Waals surface area contributed by atoms with Gasteiger partial charge >= 0.3 is 6.03 Å². The molecular formula is C30H40N4O2. The number of methoxy groups -OCH3 is 1. The maximum Gasteiger partial charge on any atom is 0.322 e. The van der Waals surface area contributed by atoms with Crippen molar-refractivity contribution in [3.63, 3.8) is 0 Å². The van der Waals surface area contributed by atoms with Gasteiger partial charge in [0.15, 0.2) is 0 Å². The Hall–Kier alpha value is -3.04. The van der Waals surface area contributed by atoms with E-state index >= 15 is 0 Å². The van der Waals surface area contributed by atoms with E-state index in [4.69, 9.17) is 4.74 Å². The molecule has 0 aromatic heterocycles. The van der Waals surface area contributed by atoms with Crippen LogP contribution < -0.4 is 10.1 Å². The van der Waals surface area contributed by atoms with E-state index in [1.54, 1.807) is 7.11 Å². The first-order valence-electron chi connectivity index (χ1n) is 13.3. The lowest BCUT2D eigenvalue weighted by molar-refractivity contribution is 0.120. The first-order chi connectivity index (χ1) is 17.3. The van der Waals surface area contributed by atoms with E-state index in [2.05, 4.69) is 61.0 Å². The van der Waals surface area contributed by atoms with E-state index in [0.717, 1.165) is 49.2 Å². The highest BCUT2D eigenvalue weighted by Gasteiger charge is 2.58. The van der Waals surface area contributed by atoms with Gasteiger partial charge in [-0.2, -0.15) is 5.26 Å². The lowest BCUT2D eigenvalue weighted by Crippen LogP contribution is -2.50. The minimum atomic E-state index is -0.0413. The Morgan fingerprint density at radius 1 is 1.14 bits per heavy atom. The zero-order chi connectivity index (χ0) is 25.9. The van der Waals surface area contributed by atoms with Crippen LogP contribution in [0, 0.1) is 17.2 Å². The van der Waals surface area contributed by atoms with Gasteiger partial charge in [-0.3, -0.25) is 4.90 Å². The molecule has 2 unspecified atom stereocenters. The molecule has 4 rings (SSSR count). The Morgan fingerprint density at radius 3 is 2.56 bits per heavy atom. The number of hydrogen-bond acceptors (Lipinski definition) is 4. The number of fused-ring (bicyclic) bond motifs is 1. The summed E-state index contributed by atoms with van der Waals surface area (Å²) in [5.74, 6) is 1.29. The number of hydrogen-bond donors (Lipinski definition) is 1. The molecule has 1 N–H and O–H groups in total. The molecule has 2 fully saturated rings. The van der Waals surface area contributed by atoms with Gasteiger partial charge in [-0.05, 0) is 94.5 Å². The number of amides is 2. The van der Waals surface area contributed by atoms with Gasteiger partial charge in [0.1, 0.15) is 5.75 Å². The van der Waals surface area contributed by atoms with Crippen LogP contribution in [0.25, 0.3) is 0 Å². The molecule has 192 valence electrons. The number of urea groups is 1. The van der Waals surface area contributed by atoms with Crippen LogP contribution in [0.15, 0.2) is 48.5 Å². The van der Waals surface area contributed by atoms with Crippen LogP contribution in [0.4, 0.5) is 10.5 Å². The van der Waals surface area contributed by atoms with Crippen LogP contribution in [-0.2, 0) is 5.41 Å². The molecule has 0 bridgehead atoms. The Bertz CT molecular complexity index is 1100. The third-order valence-electron chi connectivity index (χ3n) is 8.23. The van der Waals surface area contributed by atoms with Gasteiger partial charge in [0.2, 0.25) is 0 Å². The normalized spacial score (nSPS) is 22.8. The summed E-state index contributed by atoms with van der Waals surface area (Å²) < 4.78 is 5.34. The van der Waals surface area contributed by atoms with Crippen LogP contribution in [0.5, 0.6) is 5.75 Å². The Balaban J connectivity index is 1.50. The second kappa shape index (κ2) is 10.9. The molecule has 2 aromatic carbocycles. The minimum Gasteiger partial charge on any atom is -0.497 e. The summed E-state index contributed by atoms with van der Waals surface area (Å²) in [6.45, 7) is 10.4. The molecular weight excluding hydrogens is 448 g/mol. The molecule has 0 spiro atoms. The smallest absolute Gasteiger partial charge is 0.322 e. The molecule has 6 nitrogen and oxygen atoms in total. The van der Waals surface area contributed by atoms with Crippen molar-refractivity contribution in [2.24, 2.45) is 5.92 Å². The zero-order valence-electron chi connectivity index (χ0n) is 22.3. The van der Waals surface area contributed by atoms with Gasteiger partial charge in [0.05, 0.1) is 18.7 Å². The second-order valence-electron chi connectivity index (χ2n) is 11.0. The van der Waals surface area contributed by atoms with Crippen molar-refractivity contribution in [1.82, 2.24) is 9.80 Å². The SMILES string of the molecule is COc1cccc(NC(=O)N(CCN(C(C)C)C(C)C)C2CC[C@]3(c4cccc(C#N)c4)CC3C2)c1. The van der Waals surface area contributed by atoms with E-state index < -0.39 is 0 Å². The highest BCUT2D eigenvalue weighted by Crippen LogP contribution is 2.62. The predicted octanol–water partition coefficient (Wildman–Crippen LogP) is 6.03. The van der Waals surface area contributed by atoms with Gasteiger partial charge in [0.25, 0.3) is 0 Å². The molecule has 2 aliphatic carbocycles. The van der Waals surface area contributed by atoms with Crippen molar-refractivity contribution in [3.05, 3.63) is 59.7 Å². The van der Waals surface area contributed by atoms with Crippen molar-refractivity contribution < 1.29 is 9.53 Å². The third kappa shape index (κ3) is 5.52. The van der Waals surface area contributed by atoms with Crippen molar-refractivity contribution in [3.8, 4) is 11.8 Å². The Morgan fingerprint density at radius 2 is 1.89 bits per heavy atom. The minimum absolute atomic E-state index is 0.0413. The van der Waals surface area contributed by atoms with Crippen LogP contribution in [0.1, 0.15) is 64.5 Å². The van der Waals surface area contributed by atoms with Crippen molar-refractivity contribution in [2.75, 3.05) is 25.5 Å². The van der Waals surface area contributed by atoms with Crippen LogP contribution in [-0.4, -0.2) is 54.2 Å². The fourth-order valence-electron chi connectivity index (χ4n) is 6.23. The number of benzene rings is 2. The quantitative estimate of drug-likeness (QED) is 0.468. The molecule has 0 radical (unpaired) electrons. The Labute approximate surface area is 216 Å². The van der Waals surface area contributed by atoms with E-state index in [1.807, 2.05) is 36.4 Å². The topological polar surface area (TPSA) is 68.6 Å². The number of carbonyl (C=O) groups is 1. The molecule has 0 aliphatic heterocycles. The maximum absolute atomic E-state index is 13.6. The monoisotopic (exact) mass is 488 g/mol. The molecule has 6 heteroatoms. The fraction of sp³-hybridized carbons (Fsp3) is 0.533. The number of carbonyl (C=O) groups excluding carboxylic acids is 1. The number of anilines is 1. The molecule has 36 heavy (non-hydrogen) atoms.